The van der Waals surface area contributed by atoms with E-state index in [0.29, 0.717) is 30.1 Å². The van der Waals surface area contributed by atoms with E-state index >= 15 is 0 Å². The van der Waals surface area contributed by atoms with Crippen molar-refractivity contribution >= 4 is 52.5 Å². The molecule has 1 saturated heterocycles. The summed E-state index contributed by atoms with van der Waals surface area (Å²) in [5.74, 6) is -3.56. The van der Waals surface area contributed by atoms with Gasteiger partial charge in [-0.3, -0.25) is 38.5 Å². The number of aromatic nitrogens is 1. The lowest BCUT2D eigenvalue weighted by Gasteiger charge is -2.38. The lowest BCUT2D eigenvalue weighted by Crippen LogP contribution is -2.50. The number of carboxylic acid groups (broad SMARTS) is 1. The van der Waals surface area contributed by atoms with E-state index in [9.17, 15) is 33.9 Å². The standard InChI is InChI=1S/C46H72N6O9S/c1-10-12-15-22-60-52(44(57)35(30(5)11-2)24-39(54)37-16-13-14-21-51(37)9)38(29(3)4)25-40(61-31(6)53)43-50-36(28-62-43)42(56)49-34(26-46(7,8)45(58)59)23-32-17-19-33(20-18-32)48-41(55)27-47/h17-20,28-30,34-35,37-38,40H,10-16,21-27,47H2,1-9H3,(H,48,55)(H,49,56)(H,58,59)/t30-,34-,35-,37+,38+,40+/m0/s1. The number of likely N-dealkylation sites (N-methyl/N-ethyl adjacent to an activating group) is 1. The first-order valence-electron chi connectivity index (χ1n) is 22.3. The third kappa shape index (κ3) is 15.8. The highest BCUT2D eigenvalue weighted by Gasteiger charge is 2.40. The van der Waals surface area contributed by atoms with Crippen molar-refractivity contribution in [2.45, 2.75) is 150 Å². The number of thiazole rings is 1. The molecule has 0 unspecified atom stereocenters. The molecular weight excluding hydrogens is 813 g/mol. The molecule has 0 aliphatic carbocycles. The molecule has 6 atom stereocenters. The maximum atomic E-state index is 14.8. The van der Waals surface area contributed by atoms with Crippen LogP contribution in [0.4, 0.5) is 5.69 Å². The molecule has 1 fully saturated rings. The molecular formula is C46H72N6O9S. The number of anilines is 1. The van der Waals surface area contributed by atoms with Gasteiger partial charge in [-0.1, -0.05) is 72.4 Å². The quantitative estimate of drug-likeness (QED) is 0.0430. The molecule has 0 spiro atoms. The number of benzene rings is 1. The molecule has 1 aromatic heterocycles. The van der Waals surface area contributed by atoms with E-state index in [4.69, 9.17) is 15.3 Å². The molecule has 2 heterocycles. The minimum Gasteiger partial charge on any atom is -0.481 e. The predicted molar refractivity (Wildman–Crippen MR) is 240 cm³/mol. The number of unbranched alkanes of at least 4 members (excludes halogenated alkanes) is 2. The number of carboxylic acids is 1. The number of nitrogens with two attached hydrogens (primary N) is 1. The number of amides is 3. The molecule has 15 nitrogen and oxygen atoms in total. The molecule has 1 aliphatic rings. The number of carbonyl (C=O) groups excluding carboxylic acids is 5. The molecule has 0 bridgehead atoms. The Labute approximate surface area is 372 Å². The number of Topliss-reactive ketones (excluding diaryl/α,β-unsaturated/α-hetero) is 1. The van der Waals surface area contributed by atoms with E-state index in [1.807, 2.05) is 34.7 Å². The van der Waals surface area contributed by atoms with Gasteiger partial charge in [-0.05, 0) is 89.1 Å². The maximum absolute atomic E-state index is 14.8. The Bertz CT molecular complexity index is 1780. The molecule has 346 valence electrons. The molecule has 3 rings (SSSR count). The lowest BCUT2D eigenvalue weighted by molar-refractivity contribution is -0.215. The maximum Gasteiger partial charge on any atom is 0.309 e. The zero-order chi connectivity index (χ0) is 46.1. The van der Waals surface area contributed by atoms with Crippen LogP contribution in [0, 0.1) is 23.2 Å². The number of esters is 1. The summed E-state index contributed by atoms with van der Waals surface area (Å²) < 4.78 is 5.89. The summed E-state index contributed by atoms with van der Waals surface area (Å²) in [6.07, 6.45) is 5.74. The van der Waals surface area contributed by atoms with Gasteiger partial charge in [0.25, 0.3) is 5.91 Å². The monoisotopic (exact) mass is 885 g/mol. The van der Waals surface area contributed by atoms with E-state index in [-0.39, 0.29) is 67.0 Å². The normalized spacial score (nSPS) is 17.0. The number of likely N-dealkylation sites (tertiary alicyclic amines) is 1. The van der Waals surface area contributed by atoms with Crippen LogP contribution in [0.1, 0.15) is 147 Å². The molecule has 3 amide bonds. The number of piperidine rings is 1. The van der Waals surface area contributed by atoms with Crippen LogP contribution in [-0.4, -0.2) is 100 Å². The first-order valence-corrected chi connectivity index (χ1v) is 23.1. The number of ketones is 1. The molecule has 2 aromatic rings. The van der Waals surface area contributed by atoms with Crippen molar-refractivity contribution in [3.8, 4) is 0 Å². The Morgan fingerprint density at radius 2 is 1.76 bits per heavy atom. The van der Waals surface area contributed by atoms with Crippen LogP contribution >= 0.6 is 11.3 Å². The van der Waals surface area contributed by atoms with E-state index in [0.717, 1.165) is 62.0 Å². The summed E-state index contributed by atoms with van der Waals surface area (Å²) in [6.45, 7) is 15.5. The van der Waals surface area contributed by atoms with Gasteiger partial charge in [0, 0.05) is 42.8 Å². The second-order valence-corrected chi connectivity index (χ2v) is 18.7. The largest absolute Gasteiger partial charge is 0.481 e. The predicted octanol–water partition coefficient (Wildman–Crippen LogP) is 6.96. The summed E-state index contributed by atoms with van der Waals surface area (Å²) >= 11 is 1.14. The fourth-order valence-electron chi connectivity index (χ4n) is 7.81. The number of hydrogen-bond acceptors (Lipinski definition) is 12. The van der Waals surface area contributed by atoms with Crippen molar-refractivity contribution in [3.05, 3.63) is 45.9 Å². The average Bonchev–Trinajstić information content (AvgIpc) is 3.72. The Morgan fingerprint density at radius 1 is 1.06 bits per heavy atom. The minimum atomic E-state index is -1.18. The highest BCUT2D eigenvalue weighted by Crippen LogP contribution is 2.34. The number of rotatable bonds is 26. The highest BCUT2D eigenvalue weighted by molar-refractivity contribution is 7.09. The summed E-state index contributed by atoms with van der Waals surface area (Å²) in [6, 6.07) is 5.56. The summed E-state index contributed by atoms with van der Waals surface area (Å²) in [5.41, 5.74) is 5.65. The fraction of sp³-hybridized carbons (Fsp3) is 0.674. The second-order valence-electron chi connectivity index (χ2n) is 17.8. The van der Waals surface area contributed by atoms with E-state index in [1.165, 1.54) is 12.0 Å². The molecule has 0 saturated carbocycles. The van der Waals surface area contributed by atoms with Crippen molar-refractivity contribution in [2.24, 2.45) is 28.9 Å². The minimum absolute atomic E-state index is 0.0595. The van der Waals surface area contributed by atoms with Gasteiger partial charge < -0.3 is 26.2 Å². The molecule has 1 aliphatic heterocycles. The molecule has 62 heavy (non-hydrogen) atoms. The van der Waals surface area contributed by atoms with Gasteiger partial charge in [0.2, 0.25) is 11.8 Å². The smallest absolute Gasteiger partial charge is 0.309 e. The van der Waals surface area contributed by atoms with Gasteiger partial charge in [0.05, 0.1) is 30.7 Å². The number of hydroxylamine groups is 2. The average molecular weight is 885 g/mol. The molecule has 5 N–H and O–H groups in total. The van der Waals surface area contributed by atoms with Crippen LogP contribution in [0.3, 0.4) is 0 Å². The van der Waals surface area contributed by atoms with Crippen molar-refractivity contribution in [2.75, 3.05) is 32.1 Å². The van der Waals surface area contributed by atoms with Crippen LogP contribution in [0.5, 0.6) is 0 Å². The number of ether oxygens (including phenoxy) is 1. The first-order chi connectivity index (χ1) is 29.3. The lowest BCUT2D eigenvalue weighted by atomic mass is 9.83. The van der Waals surface area contributed by atoms with Gasteiger partial charge in [-0.15, -0.1) is 11.3 Å². The first kappa shape index (κ1) is 52.1. The number of nitrogens with zero attached hydrogens (tertiary/aromatic N) is 3. The zero-order valence-electron chi connectivity index (χ0n) is 38.4. The molecule has 0 radical (unpaired) electrons. The van der Waals surface area contributed by atoms with E-state index in [2.05, 4.69) is 27.4 Å². The number of nitrogens with one attached hydrogen (secondary N) is 2. The number of hydrogen-bond donors (Lipinski definition) is 4. The van der Waals surface area contributed by atoms with Gasteiger partial charge in [0.15, 0.2) is 11.9 Å². The Hall–Kier alpha value is -4.25. The van der Waals surface area contributed by atoms with Gasteiger partial charge >= 0.3 is 11.9 Å². The SMILES string of the molecule is CCCCCON(C(=O)[C@@H](CC(=O)[C@H]1CCCCN1C)[C@@H](C)CC)[C@H](C[C@@H](OC(C)=O)c1nc(C(=O)N[C@@H](Cc2ccc(NC(=O)CN)cc2)CC(C)(C)C(=O)O)cs1)C(C)C. The van der Waals surface area contributed by atoms with Crippen molar-refractivity contribution < 1.29 is 43.4 Å². The number of aliphatic carboxylic acids is 1. The van der Waals surface area contributed by atoms with Crippen LogP contribution in [0.15, 0.2) is 29.6 Å². The van der Waals surface area contributed by atoms with E-state index in [1.54, 1.807) is 43.5 Å². The van der Waals surface area contributed by atoms with Gasteiger partial charge in [0.1, 0.15) is 10.7 Å². The third-order valence-electron chi connectivity index (χ3n) is 11.8. The topological polar surface area (TPSA) is 211 Å². The summed E-state index contributed by atoms with van der Waals surface area (Å²) in [4.78, 5) is 92.2. The Morgan fingerprint density at radius 3 is 2.34 bits per heavy atom. The van der Waals surface area contributed by atoms with Crippen molar-refractivity contribution in [1.29, 1.82) is 0 Å². The summed E-state index contributed by atoms with van der Waals surface area (Å²) in [5, 5.41) is 19.0. The third-order valence-corrected chi connectivity index (χ3v) is 12.8. The fourth-order valence-corrected chi connectivity index (χ4v) is 8.65. The molecule has 16 heteroatoms. The van der Waals surface area contributed by atoms with Crippen LogP contribution in [-0.2, 0) is 40.0 Å². The van der Waals surface area contributed by atoms with E-state index < -0.39 is 47.4 Å². The van der Waals surface area contributed by atoms with Crippen LogP contribution in [0.25, 0.3) is 0 Å². The highest BCUT2D eigenvalue weighted by atomic mass is 32.1. The van der Waals surface area contributed by atoms with Gasteiger partial charge in [-0.2, -0.15) is 0 Å². The van der Waals surface area contributed by atoms with Crippen LogP contribution in [0.2, 0.25) is 0 Å². The van der Waals surface area contributed by atoms with Crippen molar-refractivity contribution in [3.63, 3.8) is 0 Å². The Balaban J connectivity index is 1.93. The second kappa shape index (κ2) is 25.1. The van der Waals surface area contributed by atoms with Crippen LogP contribution < -0.4 is 16.4 Å². The van der Waals surface area contributed by atoms with Gasteiger partial charge in [-0.25, -0.2) is 10.0 Å². The van der Waals surface area contributed by atoms with Crippen molar-refractivity contribution in [1.82, 2.24) is 20.3 Å². The number of carbonyl (C=O) groups is 6. The summed E-state index contributed by atoms with van der Waals surface area (Å²) in [7, 11) is 1.97. The Kier molecular flexibility index (Phi) is 21.1. The zero-order valence-corrected chi connectivity index (χ0v) is 39.2. The molecule has 1 aromatic carbocycles.